The summed E-state index contributed by atoms with van der Waals surface area (Å²) in [6.07, 6.45) is 0. The van der Waals surface area contributed by atoms with E-state index >= 15 is 0 Å². The molecular formula is C16H20N4O4. The molecule has 1 aliphatic rings. The van der Waals surface area contributed by atoms with E-state index in [1.807, 2.05) is 0 Å². The number of nitrogens with one attached hydrogen (secondary N) is 1. The van der Waals surface area contributed by atoms with Gasteiger partial charge in [-0.3, -0.25) is 9.69 Å². The van der Waals surface area contributed by atoms with E-state index in [-0.39, 0.29) is 11.8 Å². The molecule has 2 aromatic rings. The van der Waals surface area contributed by atoms with Crippen LogP contribution in [0.3, 0.4) is 0 Å². The minimum atomic E-state index is -0.365. The molecule has 128 valence electrons. The molecule has 0 radical (unpaired) electrons. The van der Waals surface area contributed by atoms with Gasteiger partial charge >= 0.3 is 11.8 Å². The van der Waals surface area contributed by atoms with Gasteiger partial charge < -0.3 is 19.2 Å². The van der Waals surface area contributed by atoms with Crippen LogP contribution in [0, 0.1) is 0 Å². The molecule has 1 saturated heterocycles. The van der Waals surface area contributed by atoms with Crippen LogP contribution in [-0.4, -0.2) is 67.5 Å². The molecule has 0 saturated carbocycles. The number of ether oxygens (including phenoxy) is 2. The molecule has 3 rings (SSSR count). The Bertz CT molecular complexity index is 665. The molecule has 0 atom stereocenters. The van der Waals surface area contributed by atoms with E-state index in [4.69, 9.17) is 13.9 Å². The van der Waals surface area contributed by atoms with Crippen LogP contribution in [0.15, 0.2) is 28.7 Å². The standard InChI is InChI=1S/C16H20N4O4/c1-22-13-4-2-12(3-5-13)15-18-19-16(24-15)14(21)17-6-7-20-8-10-23-11-9-20/h2-5H,6-11H2,1H3,(H,17,21). The first-order valence-electron chi connectivity index (χ1n) is 7.82. The summed E-state index contributed by atoms with van der Waals surface area (Å²) in [6.45, 7) is 4.55. The highest BCUT2D eigenvalue weighted by Crippen LogP contribution is 2.21. The number of morpholine rings is 1. The summed E-state index contributed by atoms with van der Waals surface area (Å²) in [4.78, 5) is 14.3. The fraction of sp³-hybridized carbons (Fsp3) is 0.438. The summed E-state index contributed by atoms with van der Waals surface area (Å²) in [7, 11) is 1.60. The monoisotopic (exact) mass is 332 g/mol. The van der Waals surface area contributed by atoms with Crippen molar-refractivity contribution in [1.82, 2.24) is 20.4 Å². The number of rotatable bonds is 6. The normalized spacial score (nSPS) is 15.2. The van der Waals surface area contributed by atoms with Crippen LogP contribution < -0.4 is 10.1 Å². The lowest BCUT2D eigenvalue weighted by atomic mass is 10.2. The van der Waals surface area contributed by atoms with Crippen LogP contribution >= 0.6 is 0 Å². The Balaban J connectivity index is 1.53. The van der Waals surface area contributed by atoms with Gasteiger partial charge in [-0.25, -0.2) is 0 Å². The first kappa shape index (κ1) is 16.4. The number of amides is 1. The summed E-state index contributed by atoms with van der Waals surface area (Å²) in [5.74, 6) is 0.633. The van der Waals surface area contributed by atoms with Gasteiger partial charge in [0.05, 0.1) is 20.3 Å². The van der Waals surface area contributed by atoms with Gasteiger partial charge in [0.25, 0.3) is 0 Å². The highest BCUT2D eigenvalue weighted by Gasteiger charge is 2.16. The predicted octanol–water partition coefficient (Wildman–Crippen LogP) is 0.807. The zero-order valence-corrected chi connectivity index (χ0v) is 13.5. The van der Waals surface area contributed by atoms with Crippen LogP contribution in [-0.2, 0) is 4.74 Å². The number of benzene rings is 1. The maximum absolute atomic E-state index is 12.1. The minimum Gasteiger partial charge on any atom is -0.497 e. The Morgan fingerprint density at radius 2 is 2.00 bits per heavy atom. The van der Waals surface area contributed by atoms with E-state index in [1.165, 1.54) is 0 Å². The first-order valence-corrected chi connectivity index (χ1v) is 7.82. The summed E-state index contributed by atoms with van der Waals surface area (Å²) >= 11 is 0. The lowest BCUT2D eigenvalue weighted by Gasteiger charge is -2.26. The summed E-state index contributed by atoms with van der Waals surface area (Å²) < 4.78 is 15.8. The quantitative estimate of drug-likeness (QED) is 0.837. The molecule has 2 heterocycles. The van der Waals surface area contributed by atoms with Crippen molar-refractivity contribution in [3.8, 4) is 17.2 Å². The SMILES string of the molecule is COc1ccc(-c2nnc(C(=O)NCCN3CCOCC3)o2)cc1. The Kier molecular flexibility index (Phi) is 5.39. The Labute approximate surface area is 139 Å². The zero-order chi connectivity index (χ0) is 16.8. The van der Waals surface area contributed by atoms with Crippen LogP contribution in [0.2, 0.25) is 0 Å². The zero-order valence-electron chi connectivity index (χ0n) is 13.5. The molecular weight excluding hydrogens is 312 g/mol. The Morgan fingerprint density at radius 3 is 2.71 bits per heavy atom. The average molecular weight is 332 g/mol. The topological polar surface area (TPSA) is 89.7 Å². The average Bonchev–Trinajstić information content (AvgIpc) is 3.13. The van der Waals surface area contributed by atoms with Crippen molar-refractivity contribution in [3.63, 3.8) is 0 Å². The van der Waals surface area contributed by atoms with E-state index in [2.05, 4.69) is 20.4 Å². The number of aromatic nitrogens is 2. The number of carbonyl (C=O) groups is 1. The highest BCUT2D eigenvalue weighted by molar-refractivity contribution is 5.89. The molecule has 24 heavy (non-hydrogen) atoms. The number of hydrogen-bond acceptors (Lipinski definition) is 7. The van der Waals surface area contributed by atoms with Gasteiger partial charge in [0.1, 0.15) is 5.75 Å². The molecule has 1 amide bonds. The van der Waals surface area contributed by atoms with Crippen molar-refractivity contribution in [2.45, 2.75) is 0 Å². The fourth-order valence-corrected chi connectivity index (χ4v) is 2.39. The van der Waals surface area contributed by atoms with E-state index in [9.17, 15) is 4.79 Å². The number of nitrogens with zero attached hydrogens (tertiary/aromatic N) is 3. The van der Waals surface area contributed by atoms with Gasteiger partial charge in [-0.1, -0.05) is 0 Å². The summed E-state index contributed by atoms with van der Waals surface area (Å²) in [5.41, 5.74) is 0.732. The second kappa shape index (κ2) is 7.89. The smallest absolute Gasteiger partial charge is 0.308 e. The van der Waals surface area contributed by atoms with Crippen LogP contribution in [0.5, 0.6) is 5.75 Å². The van der Waals surface area contributed by atoms with Crippen LogP contribution in [0.1, 0.15) is 10.7 Å². The van der Waals surface area contributed by atoms with Gasteiger partial charge in [-0.05, 0) is 24.3 Å². The second-order valence-corrected chi connectivity index (χ2v) is 5.35. The van der Waals surface area contributed by atoms with E-state index in [1.54, 1.807) is 31.4 Å². The number of methoxy groups -OCH3 is 1. The van der Waals surface area contributed by atoms with Gasteiger partial charge in [-0.2, -0.15) is 0 Å². The van der Waals surface area contributed by atoms with E-state index in [0.29, 0.717) is 12.4 Å². The molecule has 8 nitrogen and oxygen atoms in total. The molecule has 8 heteroatoms. The molecule has 0 unspecified atom stereocenters. The van der Waals surface area contributed by atoms with Crippen molar-refractivity contribution in [2.75, 3.05) is 46.5 Å². The molecule has 1 aliphatic heterocycles. The van der Waals surface area contributed by atoms with E-state index < -0.39 is 0 Å². The van der Waals surface area contributed by atoms with Crippen LogP contribution in [0.25, 0.3) is 11.5 Å². The number of hydrogen-bond donors (Lipinski definition) is 1. The van der Waals surface area contributed by atoms with Crippen molar-refractivity contribution >= 4 is 5.91 Å². The van der Waals surface area contributed by atoms with Gasteiger partial charge in [0.2, 0.25) is 5.89 Å². The van der Waals surface area contributed by atoms with Crippen LogP contribution in [0.4, 0.5) is 0 Å². The Morgan fingerprint density at radius 1 is 1.25 bits per heavy atom. The third-order valence-electron chi connectivity index (χ3n) is 3.77. The molecule has 0 aliphatic carbocycles. The van der Waals surface area contributed by atoms with Crippen molar-refractivity contribution in [1.29, 1.82) is 0 Å². The molecule has 1 fully saturated rings. The summed E-state index contributed by atoms with van der Waals surface area (Å²) in [6, 6.07) is 7.18. The highest BCUT2D eigenvalue weighted by atomic mass is 16.5. The molecule has 1 aromatic carbocycles. The second-order valence-electron chi connectivity index (χ2n) is 5.35. The Hall–Kier alpha value is -2.45. The van der Waals surface area contributed by atoms with Gasteiger partial charge in [0.15, 0.2) is 0 Å². The third-order valence-corrected chi connectivity index (χ3v) is 3.77. The van der Waals surface area contributed by atoms with Gasteiger partial charge in [-0.15, -0.1) is 10.2 Å². The van der Waals surface area contributed by atoms with Crippen molar-refractivity contribution in [2.24, 2.45) is 0 Å². The van der Waals surface area contributed by atoms with Gasteiger partial charge in [0, 0.05) is 31.7 Å². The van der Waals surface area contributed by atoms with Crippen molar-refractivity contribution in [3.05, 3.63) is 30.2 Å². The molecule has 0 spiro atoms. The lowest BCUT2D eigenvalue weighted by Crippen LogP contribution is -2.41. The van der Waals surface area contributed by atoms with E-state index in [0.717, 1.165) is 44.2 Å². The maximum Gasteiger partial charge on any atom is 0.308 e. The predicted molar refractivity (Wildman–Crippen MR) is 85.9 cm³/mol. The largest absolute Gasteiger partial charge is 0.497 e. The lowest BCUT2D eigenvalue weighted by molar-refractivity contribution is 0.0382. The molecule has 1 aromatic heterocycles. The maximum atomic E-state index is 12.1. The minimum absolute atomic E-state index is 0.0391. The number of carbonyl (C=O) groups excluding carboxylic acids is 1. The third kappa shape index (κ3) is 4.09. The van der Waals surface area contributed by atoms with Crippen molar-refractivity contribution < 1.29 is 18.7 Å². The summed E-state index contributed by atoms with van der Waals surface area (Å²) in [5, 5.41) is 10.5. The molecule has 1 N–H and O–H groups in total. The fourth-order valence-electron chi connectivity index (χ4n) is 2.39. The first-order chi connectivity index (χ1) is 11.8. The molecule has 0 bridgehead atoms.